The van der Waals surface area contributed by atoms with E-state index in [0.717, 1.165) is 27.8 Å². The van der Waals surface area contributed by atoms with E-state index < -0.39 is 23.7 Å². The lowest BCUT2D eigenvalue weighted by atomic mass is 10.2. The van der Waals surface area contributed by atoms with Crippen LogP contribution < -0.4 is 4.90 Å². The molecule has 0 aliphatic carbocycles. The average Bonchev–Trinajstić information content (AvgIpc) is 3.06. The van der Waals surface area contributed by atoms with Crippen molar-refractivity contribution in [3.8, 4) is 5.69 Å². The summed E-state index contributed by atoms with van der Waals surface area (Å²) in [6, 6.07) is 6.74. The normalized spacial score (nSPS) is 15.0. The lowest BCUT2D eigenvalue weighted by molar-refractivity contribution is -0.141. The Labute approximate surface area is 122 Å². The van der Waals surface area contributed by atoms with Gasteiger partial charge in [0.2, 0.25) is 0 Å². The minimum Gasteiger partial charge on any atom is -0.269 e. The fraction of sp³-hybridized carbons (Fsp3) is 0.0714. The van der Waals surface area contributed by atoms with Gasteiger partial charge in [0.1, 0.15) is 0 Å². The number of aromatic nitrogens is 2. The molecule has 0 bridgehead atoms. The smallest absolute Gasteiger partial charge is 0.269 e. The van der Waals surface area contributed by atoms with E-state index in [1.54, 1.807) is 0 Å². The van der Waals surface area contributed by atoms with Crippen molar-refractivity contribution in [2.45, 2.75) is 6.18 Å². The van der Waals surface area contributed by atoms with Gasteiger partial charge in [0.25, 0.3) is 11.8 Å². The zero-order chi connectivity index (χ0) is 15.9. The van der Waals surface area contributed by atoms with E-state index >= 15 is 0 Å². The Morgan fingerprint density at radius 2 is 1.41 bits per heavy atom. The zero-order valence-corrected chi connectivity index (χ0v) is 10.9. The van der Waals surface area contributed by atoms with Crippen LogP contribution in [0.2, 0.25) is 0 Å². The second kappa shape index (κ2) is 4.83. The first-order valence-electron chi connectivity index (χ1n) is 6.16. The third kappa shape index (κ3) is 2.39. The fourth-order valence-corrected chi connectivity index (χ4v) is 2.03. The number of imide groups is 1. The number of alkyl halides is 3. The third-order valence-corrected chi connectivity index (χ3v) is 3.06. The van der Waals surface area contributed by atoms with Crippen LogP contribution >= 0.6 is 0 Å². The molecule has 0 unspecified atom stereocenters. The van der Waals surface area contributed by atoms with Crippen molar-refractivity contribution < 1.29 is 22.8 Å². The van der Waals surface area contributed by atoms with Gasteiger partial charge in [0, 0.05) is 18.3 Å². The SMILES string of the molecule is O=C1C=CC(=O)N1c1ccc(-n2ccc(C(F)(F)F)n2)cc1. The van der Waals surface area contributed by atoms with Crippen LogP contribution in [-0.2, 0) is 15.8 Å². The van der Waals surface area contributed by atoms with Gasteiger partial charge in [0.15, 0.2) is 5.69 Å². The predicted molar refractivity (Wildman–Crippen MR) is 70.2 cm³/mol. The molecule has 1 aromatic carbocycles. The largest absolute Gasteiger partial charge is 0.435 e. The van der Waals surface area contributed by atoms with Crippen molar-refractivity contribution in [2.24, 2.45) is 0 Å². The second-order valence-corrected chi connectivity index (χ2v) is 4.50. The Bertz CT molecular complexity index is 757. The molecule has 0 spiro atoms. The second-order valence-electron chi connectivity index (χ2n) is 4.50. The molecular formula is C14H8F3N3O2. The van der Waals surface area contributed by atoms with E-state index in [0.29, 0.717) is 11.4 Å². The number of carbonyl (C=O) groups is 2. The quantitative estimate of drug-likeness (QED) is 0.800. The number of amides is 2. The standard InChI is InChI=1S/C14H8F3N3O2/c15-14(16,17)11-7-8-19(18-11)9-1-3-10(4-2-9)20-12(21)5-6-13(20)22/h1-8H. The van der Waals surface area contributed by atoms with Crippen LogP contribution in [0.1, 0.15) is 5.69 Å². The Kier molecular flexibility index (Phi) is 3.09. The van der Waals surface area contributed by atoms with Gasteiger partial charge in [0.05, 0.1) is 11.4 Å². The topological polar surface area (TPSA) is 55.2 Å². The van der Waals surface area contributed by atoms with Gasteiger partial charge in [-0.25, -0.2) is 9.58 Å². The van der Waals surface area contributed by atoms with Crippen LogP contribution in [0.25, 0.3) is 5.69 Å². The molecule has 8 heteroatoms. The molecule has 0 atom stereocenters. The molecule has 0 saturated carbocycles. The lowest BCUT2D eigenvalue weighted by Gasteiger charge is -2.14. The summed E-state index contributed by atoms with van der Waals surface area (Å²) in [4.78, 5) is 24.0. The first kappa shape index (κ1) is 14.1. The molecule has 5 nitrogen and oxygen atoms in total. The minimum atomic E-state index is -4.51. The van der Waals surface area contributed by atoms with Gasteiger partial charge in [-0.2, -0.15) is 18.3 Å². The predicted octanol–water partition coefficient (Wildman–Crippen LogP) is 2.32. The molecular weight excluding hydrogens is 299 g/mol. The molecule has 0 saturated heterocycles. The molecule has 22 heavy (non-hydrogen) atoms. The molecule has 0 radical (unpaired) electrons. The summed E-state index contributed by atoms with van der Waals surface area (Å²) in [6.45, 7) is 0. The number of anilines is 1. The van der Waals surface area contributed by atoms with E-state index in [4.69, 9.17) is 0 Å². The number of hydrogen-bond acceptors (Lipinski definition) is 3. The van der Waals surface area contributed by atoms with Crippen LogP contribution in [0.3, 0.4) is 0 Å². The van der Waals surface area contributed by atoms with Crippen LogP contribution in [0.15, 0.2) is 48.7 Å². The molecule has 2 heterocycles. The zero-order valence-electron chi connectivity index (χ0n) is 10.9. The Morgan fingerprint density at radius 3 is 1.91 bits per heavy atom. The Balaban J connectivity index is 1.87. The molecule has 2 aromatic rings. The number of carbonyl (C=O) groups excluding carboxylic acids is 2. The van der Waals surface area contributed by atoms with E-state index in [-0.39, 0.29) is 0 Å². The van der Waals surface area contributed by atoms with Crippen molar-refractivity contribution in [1.29, 1.82) is 0 Å². The molecule has 1 aliphatic heterocycles. The summed E-state index contributed by atoms with van der Waals surface area (Å²) in [7, 11) is 0. The summed E-state index contributed by atoms with van der Waals surface area (Å²) >= 11 is 0. The van der Waals surface area contributed by atoms with Crippen LogP contribution in [-0.4, -0.2) is 21.6 Å². The number of halogens is 3. The summed E-state index contributed by atoms with van der Waals surface area (Å²) in [6.07, 6.45) is -1.02. The van der Waals surface area contributed by atoms with Crippen molar-refractivity contribution in [2.75, 3.05) is 4.90 Å². The van der Waals surface area contributed by atoms with Crippen molar-refractivity contribution in [1.82, 2.24) is 9.78 Å². The van der Waals surface area contributed by atoms with Gasteiger partial charge in [-0.15, -0.1) is 0 Å². The van der Waals surface area contributed by atoms with E-state index in [1.165, 1.54) is 30.5 Å². The number of nitrogens with zero attached hydrogens (tertiary/aromatic N) is 3. The van der Waals surface area contributed by atoms with E-state index in [2.05, 4.69) is 5.10 Å². The highest BCUT2D eigenvalue weighted by Crippen LogP contribution is 2.28. The van der Waals surface area contributed by atoms with Gasteiger partial charge >= 0.3 is 6.18 Å². The highest BCUT2D eigenvalue weighted by Gasteiger charge is 2.33. The van der Waals surface area contributed by atoms with E-state index in [1.807, 2.05) is 0 Å². The highest BCUT2D eigenvalue weighted by atomic mass is 19.4. The summed E-state index contributed by atoms with van der Waals surface area (Å²) in [5.74, 6) is -0.924. The first-order chi connectivity index (χ1) is 10.4. The highest BCUT2D eigenvalue weighted by molar-refractivity contribution is 6.28. The molecule has 112 valence electrons. The van der Waals surface area contributed by atoms with Gasteiger partial charge in [-0.1, -0.05) is 0 Å². The maximum absolute atomic E-state index is 12.5. The lowest BCUT2D eigenvalue weighted by Crippen LogP contribution is -2.29. The van der Waals surface area contributed by atoms with Gasteiger partial charge in [-0.3, -0.25) is 9.59 Å². The number of benzene rings is 1. The van der Waals surface area contributed by atoms with Gasteiger partial charge < -0.3 is 0 Å². The Hall–Kier alpha value is -2.90. The molecule has 0 fully saturated rings. The summed E-state index contributed by atoms with van der Waals surface area (Å²) in [5.41, 5.74) is -0.274. The van der Waals surface area contributed by atoms with Crippen LogP contribution in [0.5, 0.6) is 0 Å². The number of rotatable bonds is 2. The summed E-state index contributed by atoms with van der Waals surface area (Å²) in [5, 5.41) is 3.44. The third-order valence-electron chi connectivity index (χ3n) is 3.06. The molecule has 1 aliphatic rings. The van der Waals surface area contributed by atoms with Gasteiger partial charge in [-0.05, 0) is 30.3 Å². The average molecular weight is 307 g/mol. The van der Waals surface area contributed by atoms with Crippen molar-refractivity contribution >= 4 is 17.5 Å². The van der Waals surface area contributed by atoms with Crippen molar-refractivity contribution in [3.63, 3.8) is 0 Å². The fourth-order valence-electron chi connectivity index (χ4n) is 2.03. The maximum Gasteiger partial charge on any atom is 0.435 e. The minimum absolute atomic E-state index is 0.340. The molecule has 3 rings (SSSR count). The molecule has 1 aromatic heterocycles. The van der Waals surface area contributed by atoms with Crippen molar-refractivity contribution in [3.05, 3.63) is 54.4 Å². The molecule has 0 N–H and O–H groups in total. The Morgan fingerprint density at radius 1 is 0.864 bits per heavy atom. The monoisotopic (exact) mass is 307 g/mol. The molecule has 2 amide bonds. The first-order valence-corrected chi connectivity index (χ1v) is 6.16. The summed E-state index contributed by atoms with van der Waals surface area (Å²) < 4.78 is 38.6. The maximum atomic E-state index is 12.5. The number of hydrogen-bond donors (Lipinski definition) is 0. The van der Waals surface area contributed by atoms with Crippen LogP contribution in [0, 0.1) is 0 Å². The van der Waals surface area contributed by atoms with E-state index in [9.17, 15) is 22.8 Å². The van der Waals surface area contributed by atoms with Crippen LogP contribution in [0.4, 0.5) is 18.9 Å².